The molecule has 1 saturated carbocycles. The van der Waals surface area contributed by atoms with Crippen molar-refractivity contribution in [3.63, 3.8) is 0 Å². The van der Waals surface area contributed by atoms with Gasteiger partial charge in [0, 0.05) is 16.5 Å². The van der Waals surface area contributed by atoms with Gasteiger partial charge < -0.3 is 5.32 Å². The summed E-state index contributed by atoms with van der Waals surface area (Å²) in [5, 5.41) is 5.43. The number of rotatable bonds is 3. The van der Waals surface area contributed by atoms with Crippen molar-refractivity contribution in [2.24, 2.45) is 0 Å². The van der Waals surface area contributed by atoms with Crippen LogP contribution in [0, 0.1) is 0 Å². The summed E-state index contributed by atoms with van der Waals surface area (Å²) in [6.45, 7) is 0. The van der Waals surface area contributed by atoms with Gasteiger partial charge in [-0.2, -0.15) is 0 Å². The van der Waals surface area contributed by atoms with E-state index in [1.807, 2.05) is 24.3 Å². The van der Waals surface area contributed by atoms with E-state index in [1.165, 1.54) is 25.7 Å². The van der Waals surface area contributed by atoms with Gasteiger partial charge in [0.15, 0.2) is 0 Å². The molecular formula is C19H18ClN3. The van der Waals surface area contributed by atoms with Gasteiger partial charge in [0.25, 0.3) is 0 Å². The minimum atomic E-state index is 0.535. The van der Waals surface area contributed by atoms with Crippen LogP contribution in [0.4, 0.5) is 5.82 Å². The summed E-state index contributed by atoms with van der Waals surface area (Å²) in [6, 6.07) is 14.8. The number of fused-ring (bicyclic) bond motifs is 1. The number of nitrogens with zero attached hydrogens (tertiary/aromatic N) is 2. The lowest BCUT2D eigenvalue weighted by Crippen LogP contribution is -2.15. The van der Waals surface area contributed by atoms with E-state index in [0.29, 0.717) is 6.04 Å². The smallest absolute Gasteiger partial charge is 0.137 e. The van der Waals surface area contributed by atoms with Gasteiger partial charge in [-0.25, -0.2) is 9.97 Å². The van der Waals surface area contributed by atoms with E-state index in [4.69, 9.17) is 11.6 Å². The lowest BCUT2D eigenvalue weighted by atomic mass is 10.0. The average molecular weight is 324 g/mol. The molecule has 4 rings (SSSR count). The molecular weight excluding hydrogens is 306 g/mol. The Balaban J connectivity index is 1.75. The van der Waals surface area contributed by atoms with E-state index < -0.39 is 0 Å². The summed E-state index contributed by atoms with van der Waals surface area (Å²) < 4.78 is 0. The third kappa shape index (κ3) is 3.02. The number of nitrogens with one attached hydrogen (secondary N) is 1. The Labute approximate surface area is 140 Å². The maximum atomic E-state index is 5.98. The molecule has 0 unspecified atom stereocenters. The summed E-state index contributed by atoms with van der Waals surface area (Å²) >= 11 is 5.98. The second-order valence-corrected chi connectivity index (χ2v) is 6.52. The zero-order chi connectivity index (χ0) is 15.6. The van der Waals surface area contributed by atoms with Crippen LogP contribution in [0.5, 0.6) is 0 Å². The molecule has 116 valence electrons. The molecule has 0 amide bonds. The fourth-order valence-corrected chi connectivity index (χ4v) is 3.38. The van der Waals surface area contributed by atoms with Crippen molar-refractivity contribution in [3.05, 3.63) is 53.8 Å². The molecule has 1 fully saturated rings. The fraction of sp³-hybridized carbons (Fsp3) is 0.263. The predicted molar refractivity (Wildman–Crippen MR) is 95.9 cm³/mol. The Morgan fingerprint density at radius 2 is 1.65 bits per heavy atom. The second kappa shape index (κ2) is 6.17. The first-order valence-corrected chi connectivity index (χ1v) is 8.45. The zero-order valence-corrected chi connectivity index (χ0v) is 13.6. The number of benzene rings is 2. The summed E-state index contributed by atoms with van der Waals surface area (Å²) in [5.74, 6) is 0.942. The van der Waals surface area contributed by atoms with Crippen LogP contribution in [0.2, 0.25) is 5.02 Å². The maximum Gasteiger partial charge on any atom is 0.137 e. The van der Waals surface area contributed by atoms with Crippen molar-refractivity contribution in [1.82, 2.24) is 9.97 Å². The monoisotopic (exact) mass is 323 g/mol. The van der Waals surface area contributed by atoms with Gasteiger partial charge in [-0.15, -0.1) is 0 Å². The summed E-state index contributed by atoms with van der Waals surface area (Å²) in [4.78, 5) is 8.87. The van der Waals surface area contributed by atoms with Crippen molar-refractivity contribution >= 4 is 28.3 Å². The van der Waals surface area contributed by atoms with Crippen LogP contribution in [0.15, 0.2) is 48.8 Å². The maximum absolute atomic E-state index is 5.98. The van der Waals surface area contributed by atoms with Crippen LogP contribution < -0.4 is 5.32 Å². The van der Waals surface area contributed by atoms with E-state index in [0.717, 1.165) is 32.9 Å². The molecule has 4 heteroatoms. The van der Waals surface area contributed by atoms with Crippen LogP contribution in [0.1, 0.15) is 25.7 Å². The average Bonchev–Trinajstić information content (AvgIpc) is 3.09. The van der Waals surface area contributed by atoms with Crippen molar-refractivity contribution in [2.75, 3.05) is 5.32 Å². The first-order valence-electron chi connectivity index (χ1n) is 8.07. The van der Waals surface area contributed by atoms with E-state index in [9.17, 15) is 0 Å². The third-order valence-corrected chi connectivity index (χ3v) is 4.76. The Bertz CT molecular complexity index is 824. The van der Waals surface area contributed by atoms with Crippen molar-refractivity contribution in [2.45, 2.75) is 31.7 Å². The summed E-state index contributed by atoms with van der Waals surface area (Å²) in [7, 11) is 0. The second-order valence-electron chi connectivity index (χ2n) is 6.09. The molecule has 3 aromatic rings. The normalized spacial score (nSPS) is 15.2. The van der Waals surface area contributed by atoms with Crippen LogP contribution >= 0.6 is 11.6 Å². The van der Waals surface area contributed by atoms with Gasteiger partial charge in [-0.1, -0.05) is 42.6 Å². The molecule has 0 radical (unpaired) electrons. The van der Waals surface area contributed by atoms with E-state index >= 15 is 0 Å². The number of aromatic nitrogens is 2. The van der Waals surface area contributed by atoms with Crippen molar-refractivity contribution < 1.29 is 0 Å². The molecule has 1 aliphatic rings. The lowest BCUT2D eigenvalue weighted by Gasteiger charge is -2.14. The molecule has 23 heavy (non-hydrogen) atoms. The summed E-state index contributed by atoms with van der Waals surface area (Å²) in [6.07, 6.45) is 6.69. The van der Waals surface area contributed by atoms with Crippen LogP contribution in [-0.4, -0.2) is 16.0 Å². The Hall–Kier alpha value is -2.13. The number of hydrogen-bond donors (Lipinski definition) is 1. The standard InChI is InChI=1S/C19H18ClN3/c20-15-8-5-13(6-9-15)14-7-10-18-17(11-14)19(22-12-21-18)23-16-3-1-2-4-16/h5-12,16H,1-4H2,(H,21,22,23). The highest BCUT2D eigenvalue weighted by molar-refractivity contribution is 6.30. The Kier molecular flexibility index (Phi) is 3.88. The molecule has 0 spiro atoms. The molecule has 0 aliphatic heterocycles. The molecule has 0 saturated heterocycles. The zero-order valence-electron chi connectivity index (χ0n) is 12.8. The van der Waals surface area contributed by atoms with Crippen LogP contribution in [0.25, 0.3) is 22.0 Å². The number of anilines is 1. The fourth-order valence-electron chi connectivity index (χ4n) is 3.26. The van der Waals surface area contributed by atoms with E-state index in [-0.39, 0.29) is 0 Å². The largest absolute Gasteiger partial charge is 0.367 e. The predicted octanol–water partition coefficient (Wildman–Crippen LogP) is 5.30. The minimum Gasteiger partial charge on any atom is -0.367 e. The van der Waals surface area contributed by atoms with Gasteiger partial charge in [-0.3, -0.25) is 0 Å². The first kappa shape index (κ1) is 14.5. The molecule has 0 atom stereocenters. The van der Waals surface area contributed by atoms with Crippen LogP contribution in [0.3, 0.4) is 0 Å². The lowest BCUT2D eigenvalue weighted by molar-refractivity contribution is 0.751. The van der Waals surface area contributed by atoms with Gasteiger partial charge in [0.2, 0.25) is 0 Å². The Morgan fingerprint density at radius 3 is 2.43 bits per heavy atom. The molecule has 1 aromatic heterocycles. The van der Waals surface area contributed by atoms with Gasteiger partial charge >= 0.3 is 0 Å². The number of hydrogen-bond acceptors (Lipinski definition) is 3. The van der Waals surface area contributed by atoms with Crippen molar-refractivity contribution in [3.8, 4) is 11.1 Å². The van der Waals surface area contributed by atoms with Gasteiger partial charge in [0.1, 0.15) is 12.1 Å². The Morgan fingerprint density at radius 1 is 0.913 bits per heavy atom. The van der Waals surface area contributed by atoms with E-state index in [1.54, 1.807) is 6.33 Å². The highest BCUT2D eigenvalue weighted by atomic mass is 35.5. The van der Waals surface area contributed by atoms with Crippen molar-refractivity contribution in [1.29, 1.82) is 0 Å². The minimum absolute atomic E-state index is 0.535. The molecule has 1 aliphatic carbocycles. The van der Waals surface area contributed by atoms with Crippen LogP contribution in [-0.2, 0) is 0 Å². The van der Waals surface area contributed by atoms with E-state index in [2.05, 4.69) is 33.5 Å². The van der Waals surface area contributed by atoms with Gasteiger partial charge in [0.05, 0.1) is 5.52 Å². The summed E-state index contributed by atoms with van der Waals surface area (Å²) in [5.41, 5.74) is 3.27. The molecule has 1 heterocycles. The molecule has 3 nitrogen and oxygen atoms in total. The van der Waals surface area contributed by atoms with Gasteiger partial charge in [-0.05, 0) is 48.2 Å². The highest BCUT2D eigenvalue weighted by Crippen LogP contribution is 2.29. The SMILES string of the molecule is Clc1ccc(-c2ccc3ncnc(NC4CCCC4)c3c2)cc1. The molecule has 0 bridgehead atoms. The first-order chi connectivity index (χ1) is 11.3. The molecule has 2 aromatic carbocycles. The highest BCUT2D eigenvalue weighted by Gasteiger charge is 2.16. The third-order valence-electron chi connectivity index (χ3n) is 4.51. The molecule has 1 N–H and O–H groups in total. The quantitative estimate of drug-likeness (QED) is 0.710. The topological polar surface area (TPSA) is 37.8 Å². The number of halogens is 1.